The summed E-state index contributed by atoms with van der Waals surface area (Å²) in [4.78, 5) is 18.6. The number of carbonyl (C=O) groups excluding carboxylic acids is 1. The molecule has 0 amide bonds. The number of benzene rings is 2. The molecule has 0 unspecified atom stereocenters. The molecule has 1 saturated heterocycles. The van der Waals surface area contributed by atoms with Crippen LogP contribution in [0.3, 0.4) is 0 Å². The van der Waals surface area contributed by atoms with Gasteiger partial charge in [-0.15, -0.1) is 0 Å². The van der Waals surface area contributed by atoms with Crippen LogP contribution in [0.5, 0.6) is 0 Å². The molecule has 0 aliphatic carbocycles. The summed E-state index contributed by atoms with van der Waals surface area (Å²) in [5, 5.41) is 10.0. The van der Waals surface area contributed by atoms with E-state index in [9.17, 15) is 18.5 Å². The Morgan fingerprint density at radius 1 is 1.10 bits per heavy atom. The van der Waals surface area contributed by atoms with Crippen LogP contribution >= 0.6 is 0 Å². The van der Waals surface area contributed by atoms with E-state index in [1.807, 2.05) is 24.0 Å². The van der Waals surface area contributed by atoms with Crippen molar-refractivity contribution in [3.63, 3.8) is 0 Å². The first kappa shape index (κ1) is 21.0. The number of para-hydroxylation sites is 1. The van der Waals surface area contributed by atoms with Gasteiger partial charge in [0, 0.05) is 49.0 Å². The van der Waals surface area contributed by atoms with Crippen molar-refractivity contribution in [2.24, 2.45) is 0 Å². The van der Waals surface area contributed by atoms with Crippen LogP contribution in [0.1, 0.15) is 28.4 Å². The number of pyridine rings is 1. The minimum Gasteiger partial charge on any atom is -0.368 e. The van der Waals surface area contributed by atoms with Crippen molar-refractivity contribution in [1.29, 1.82) is 5.26 Å². The summed E-state index contributed by atoms with van der Waals surface area (Å²) < 4.78 is 28.2. The van der Waals surface area contributed by atoms with E-state index in [2.05, 4.69) is 11.1 Å². The van der Waals surface area contributed by atoms with Gasteiger partial charge in [-0.25, -0.2) is 8.42 Å². The van der Waals surface area contributed by atoms with Crippen molar-refractivity contribution in [3.05, 3.63) is 65.4 Å². The summed E-state index contributed by atoms with van der Waals surface area (Å²) in [6.45, 7) is 4.80. The molecule has 0 radical (unpaired) electrons. The Morgan fingerprint density at radius 3 is 2.52 bits per heavy atom. The maximum atomic E-state index is 13.4. The Morgan fingerprint density at radius 2 is 1.84 bits per heavy atom. The van der Waals surface area contributed by atoms with E-state index in [-0.39, 0.29) is 23.8 Å². The van der Waals surface area contributed by atoms with E-state index in [1.165, 1.54) is 11.2 Å². The van der Waals surface area contributed by atoms with Gasteiger partial charge in [0.2, 0.25) is 10.0 Å². The number of Topliss-reactive ketones (excluding diaryl/α,β-unsaturated/α-hetero) is 1. The highest BCUT2D eigenvalue weighted by Gasteiger charge is 2.31. The second-order valence-corrected chi connectivity index (χ2v) is 9.54. The Labute approximate surface area is 181 Å². The molecule has 1 aliphatic heterocycles. The van der Waals surface area contributed by atoms with Crippen LogP contribution in [0.2, 0.25) is 0 Å². The second-order valence-electron chi connectivity index (χ2n) is 7.63. The molecule has 8 heteroatoms. The minimum absolute atomic E-state index is 0.0911. The number of rotatable bonds is 4. The van der Waals surface area contributed by atoms with Gasteiger partial charge < -0.3 is 4.90 Å². The largest absolute Gasteiger partial charge is 0.368 e. The fourth-order valence-electron chi connectivity index (χ4n) is 3.92. The third-order valence-electron chi connectivity index (χ3n) is 5.51. The van der Waals surface area contributed by atoms with E-state index < -0.39 is 10.0 Å². The van der Waals surface area contributed by atoms with E-state index in [4.69, 9.17) is 0 Å². The monoisotopic (exact) mass is 434 g/mol. The van der Waals surface area contributed by atoms with Crippen LogP contribution in [-0.4, -0.2) is 49.7 Å². The molecule has 1 aliphatic rings. The normalized spacial score (nSPS) is 15.1. The molecule has 0 saturated carbocycles. The SMILES string of the molecule is CC(=O)c1ccc(C#N)cc1N1CCN(S(=O)(=O)c2cccc3cc(C)cnc23)CC1. The minimum atomic E-state index is -3.72. The number of fused-ring (bicyclic) bond motifs is 1. The summed E-state index contributed by atoms with van der Waals surface area (Å²) in [6, 6.07) is 14.2. The molecule has 3 aromatic rings. The molecule has 31 heavy (non-hydrogen) atoms. The molecule has 0 atom stereocenters. The predicted octanol–water partition coefficient (Wildman–Crippen LogP) is 3.13. The van der Waals surface area contributed by atoms with Crippen molar-refractivity contribution < 1.29 is 13.2 Å². The van der Waals surface area contributed by atoms with Gasteiger partial charge in [0.05, 0.1) is 17.1 Å². The number of ketones is 1. The molecule has 4 rings (SSSR count). The summed E-state index contributed by atoms with van der Waals surface area (Å²) >= 11 is 0. The van der Waals surface area contributed by atoms with Gasteiger partial charge >= 0.3 is 0 Å². The molecule has 7 nitrogen and oxygen atoms in total. The first-order chi connectivity index (χ1) is 14.8. The average molecular weight is 435 g/mol. The van der Waals surface area contributed by atoms with Crippen LogP contribution in [0.4, 0.5) is 5.69 Å². The number of piperazine rings is 1. The number of nitrogens with zero attached hydrogens (tertiary/aromatic N) is 4. The number of nitriles is 1. The van der Waals surface area contributed by atoms with E-state index >= 15 is 0 Å². The smallest absolute Gasteiger partial charge is 0.245 e. The molecule has 1 fully saturated rings. The lowest BCUT2D eigenvalue weighted by molar-refractivity contribution is 0.101. The fraction of sp³-hybridized carbons (Fsp3) is 0.261. The lowest BCUT2D eigenvalue weighted by atomic mass is 10.0. The zero-order valence-corrected chi connectivity index (χ0v) is 18.2. The number of sulfonamides is 1. The fourth-order valence-corrected chi connectivity index (χ4v) is 5.51. The molecule has 0 spiro atoms. The molecular formula is C23H22N4O3S. The number of aryl methyl sites for hydroxylation is 1. The quantitative estimate of drug-likeness (QED) is 0.586. The summed E-state index contributed by atoms with van der Waals surface area (Å²) in [6.07, 6.45) is 1.67. The van der Waals surface area contributed by atoms with Crippen molar-refractivity contribution in [1.82, 2.24) is 9.29 Å². The highest BCUT2D eigenvalue weighted by atomic mass is 32.2. The zero-order valence-electron chi connectivity index (χ0n) is 17.4. The van der Waals surface area contributed by atoms with Gasteiger partial charge in [0.1, 0.15) is 4.90 Å². The summed E-state index contributed by atoms with van der Waals surface area (Å²) in [7, 11) is -3.72. The van der Waals surface area contributed by atoms with Crippen LogP contribution in [0, 0.1) is 18.3 Å². The van der Waals surface area contributed by atoms with Crippen molar-refractivity contribution in [2.75, 3.05) is 31.1 Å². The number of carbonyl (C=O) groups is 1. The molecule has 2 heterocycles. The first-order valence-corrected chi connectivity index (χ1v) is 11.4. The number of hydrogen-bond acceptors (Lipinski definition) is 6. The standard InChI is InChI=1S/C23H22N4O3S/c1-16-12-19-4-3-5-22(23(19)25-15-16)31(29,30)27-10-8-26(9-11-27)21-13-18(14-24)6-7-20(21)17(2)28/h3-7,12-13,15H,8-11H2,1-2H3. The summed E-state index contributed by atoms with van der Waals surface area (Å²) in [5.74, 6) is -0.0911. The topological polar surface area (TPSA) is 94.4 Å². The number of anilines is 1. The van der Waals surface area contributed by atoms with Gasteiger partial charge in [-0.2, -0.15) is 9.57 Å². The molecule has 2 aromatic carbocycles. The summed E-state index contributed by atoms with van der Waals surface area (Å²) in [5.41, 5.74) is 3.11. The maximum absolute atomic E-state index is 13.4. The Bertz CT molecular complexity index is 1320. The van der Waals surface area contributed by atoms with E-state index in [0.29, 0.717) is 35.4 Å². The van der Waals surface area contributed by atoms with Crippen LogP contribution in [0.15, 0.2) is 53.6 Å². The number of hydrogen-bond donors (Lipinski definition) is 0. The zero-order chi connectivity index (χ0) is 22.2. The van der Waals surface area contributed by atoms with Gasteiger partial charge in [0.25, 0.3) is 0 Å². The third-order valence-corrected chi connectivity index (χ3v) is 7.44. The molecule has 1 aromatic heterocycles. The maximum Gasteiger partial charge on any atom is 0.245 e. The van der Waals surface area contributed by atoms with Crippen molar-refractivity contribution >= 4 is 32.4 Å². The Balaban J connectivity index is 1.61. The Hall–Kier alpha value is -3.28. The van der Waals surface area contributed by atoms with Crippen molar-refractivity contribution in [3.8, 4) is 6.07 Å². The highest BCUT2D eigenvalue weighted by molar-refractivity contribution is 7.89. The van der Waals surface area contributed by atoms with Gasteiger partial charge in [-0.05, 0) is 49.7 Å². The van der Waals surface area contributed by atoms with Crippen LogP contribution in [0.25, 0.3) is 10.9 Å². The molecule has 0 N–H and O–H groups in total. The first-order valence-electron chi connectivity index (χ1n) is 9.97. The van der Waals surface area contributed by atoms with Gasteiger partial charge in [0.15, 0.2) is 5.78 Å². The Kier molecular flexibility index (Phi) is 5.48. The second kappa shape index (κ2) is 8.10. The van der Waals surface area contributed by atoms with Crippen molar-refractivity contribution in [2.45, 2.75) is 18.7 Å². The lowest BCUT2D eigenvalue weighted by Crippen LogP contribution is -2.49. The van der Waals surface area contributed by atoms with E-state index in [1.54, 1.807) is 36.5 Å². The molecular weight excluding hydrogens is 412 g/mol. The third kappa shape index (κ3) is 3.90. The van der Waals surface area contributed by atoms with Crippen LogP contribution in [-0.2, 0) is 10.0 Å². The van der Waals surface area contributed by atoms with Crippen LogP contribution < -0.4 is 4.90 Å². The number of aromatic nitrogens is 1. The average Bonchev–Trinajstić information content (AvgIpc) is 2.78. The molecule has 0 bridgehead atoms. The van der Waals surface area contributed by atoms with Gasteiger partial charge in [-0.3, -0.25) is 9.78 Å². The highest BCUT2D eigenvalue weighted by Crippen LogP contribution is 2.28. The van der Waals surface area contributed by atoms with E-state index in [0.717, 1.165) is 10.9 Å². The molecule has 158 valence electrons. The van der Waals surface area contributed by atoms with Gasteiger partial charge in [-0.1, -0.05) is 12.1 Å². The predicted molar refractivity (Wildman–Crippen MR) is 119 cm³/mol. The lowest BCUT2D eigenvalue weighted by Gasteiger charge is -2.36.